The van der Waals surface area contributed by atoms with Gasteiger partial charge in [-0.25, -0.2) is 0 Å². The van der Waals surface area contributed by atoms with E-state index in [-0.39, 0.29) is 12.5 Å². The molecule has 1 fully saturated rings. The molecule has 1 N–H and O–H groups in total. The first-order valence-electron chi connectivity index (χ1n) is 7.02. The van der Waals surface area contributed by atoms with Crippen molar-refractivity contribution in [1.82, 2.24) is 4.90 Å². The highest BCUT2D eigenvalue weighted by molar-refractivity contribution is 6.32. The fourth-order valence-electron chi connectivity index (χ4n) is 2.42. The first-order valence-corrected chi connectivity index (χ1v) is 7.40. The Bertz CT molecular complexity index is 556. The topological polar surface area (TPSA) is 57.6 Å². The van der Waals surface area contributed by atoms with E-state index in [1.54, 1.807) is 17.0 Å². The molecule has 1 atom stereocenters. The van der Waals surface area contributed by atoms with Crippen LogP contribution < -0.4 is 0 Å². The third-order valence-corrected chi connectivity index (χ3v) is 3.99. The highest BCUT2D eigenvalue weighted by atomic mass is 35.5. The number of benzene rings is 1. The van der Waals surface area contributed by atoms with E-state index in [0.29, 0.717) is 18.0 Å². The molecule has 1 saturated heterocycles. The summed E-state index contributed by atoms with van der Waals surface area (Å²) in [5, 5.41) is 9.72. The average Bonchev–Trinajstić information content (AvgIpc) is 2.72. The summed E-state index contributed by atoms with van der Waals surface area (Å²) in [5.41, 5.74) is 0.775. The summed E-state index contributed by atoms with van der Waals surface area (Å²) >= 11 is 6.03. The van der Waals surface area contributed by atoms with Crippen LogP contribution >= 0.6 is 11.6 Å². The van der Waals surface area contributed by atoms with E-state index in [9.17, 15) is 9.59 Å². The number of carbonyl (C=O) groups is 2. The van der Waals surface area contributed by atoms with E-state index >= 15 is 0 Å². The lowest BCUT2D eigenvalue weighted by molar-refractivity contribution is -0.143. The van der Waals surface area contributed by atoms with Crippen molar-refractivity contribution in [1.29, 1.82) is 0 Å². The summed E-state index contributed by atoms with van der Waals surface area (Å²) in [6, 6.07) is 7.27. The molecule has 1 aliphatic heterocycles. The molecule has 0 aliphatic carbocycles. The van der Waals surface area contributed by atoms with Crippen molar-refractivity contribution in [3.8, 4) is 0 Å². The van der Waals surface area contributed by atoms with E-state index in [4.69, 9.17) is 16.7 Å². The minimum atomic E-state index is -0.829. The van der Waals surface area contributed by atoms with Crippen LogP contribution in [-0.2, 0) is 9.59 Å². The van der Waals surface area contributed by atoms with Gasteiger partial charge in [-0.05, 0) is 30.5 Å². The van der Waals surface area contributed by atoms with Crippen LogP contribution in [0.5, 0.6) is 0 Å². The molecule has 2 rings (SSSR count). The molecular formula is C16H18ClNO3. The molecule has 0 radical (unpaired) electrons. The van der Waals surface area contributed by atoms with E-state index < -0.39 is 11.9 Å². The predicted octanol–water partition coefficient (Wildman–Crippen LogP) is 3.07. The normalized spacial score (nSPS) is 19.5. The average molecular weight is 308 g/mol. The first-order chi connectivity index (χ1) is 10.1. The van der Waals surface area contributed by atoms with Gasteiger partial charge in [0.15, 0.2) is 0 Å². The number of aliphatic carboxylic acids is 1. The summed E-state index contributed by atoms with van der Waals surface area (Å²) in [5.74, 6) is -1.46. The van der Waals surface area contributed by atoms with Gasteiger partial charge in [0.05, 0.1) is 5.92 Å². The van der Waals surface area contributed by atoms with Gasteiger partial charge in [0.2, 0.25) is 5.91 Å². The van der Waals surface area contributed by atoms with Crippen LogP contribution in [0.4, 0.5) is 0 Å². The van der Waals surface area contributed by atoms with E-state index in [1.165, 1.54) is 6.08 Å². The summed E-state index contributed by atoms with van der Waals surface area (Å²) in [6.45, 7) is 0.885. The lowest BCUT2D eigenvalue weighted by atomic mass is 10.0. The number of hydrogen-bond donors (Lipinski definition) is 1. The molecular weight excluding hydrogens is 290 g/mol. The van der Waals surface area contributed by atoms with E-state index in [2.05, 4.69) is 0 Å². The van der Waals surface area contributed by atoms with Gasteiger partial charge in [-0.3, -0.25) is 9.59 Å². The Morgan fingerprint density at radius 3 is 2.76 bits per heavy atom. The molecule has 4 nitrogen and oxygen atoms in total. The zero-order valence-corrected chi connectivity index (χ0v) is 12.4. The second kappa shape index (κ2) is 7.27. The second-order valence-corrected chi connectivity index (χ2v) is 5.58. The van der Waals surface area contributed by atoms with Gasteiger partial charge in [-0.15, -0.1) is 0 Å². The maximum absolute atomic E-state index is 12.2. The Morgan fingerprint density at radius 2 is 2.05 bits per heavy atom. The van der Waals surface area contributed by atoms with Crippen molar-refractivity contribution in [2.75, 3.05) is 13.1 Å². The molecule has 0 aromatic heterocycles. The third-order valence-electron chi connectivity index (χ3n) is 3.64. The lowest BCUT2D eigenvalue weighted by Gasteiger charge is -2.21. The number of likely N-dealkylation sites (tertiary alicyclic amines) is 1. The largest absolute Gasteiger partial charge is 0.481 e. The fourth-order valence-corrected chi connectivity index (χ4v) is 2.62. The molecule has 1 heterocycles. The Hall–Kier alpha value is -1.81. The number of nitrogens with zero attached hydrogens (tertiary/aromatic N) is 1. The van der Waals surface area contributed by atoms with Crippen LogP contribution in [0.3, 0.4) is 0 Å². The monoisotopic (exact) mass is 307 g/mol. The van der Waals surface area contributed by atoms with Crippen molar-refractivity contribution < 1.29 is 14.7 Å². The Labute approximate surface area is 129 Å². The van der Waals surface area contributed by atoms with Crippen LogP contribution in [0.15, 0.2) is 30.3 Å². The molecule has 1 unspecified atom stereocenters. The second-order valence-electron chi connectivity index (χ2n) is 5.17. The molecule has 0 saturated carbocycles. The van der Waals surface area contributed by atoms with Gasteiger partial charge in [-0.1, -0.05) is 36.2 Å². The number of carboxylic acids is 1. The molecule has 1 amide bonds. The number of amides is 1. The van der Waals surface area contributed by atoms with Crippen LogP contribution in [0.2, 0.25) is 5.02 Å². The zero-order valence-electron chi connectivity index (χ0n) is 11.7. The van der Waals surface area contributed by atoms with Gasteiger partial charge >= 0.3 is 5.97 Å². The van der Waals surface area contributed by atoms with Crippen LogP contribution in [0, 0.1) is 5.92 Å². The van der Waals surface area contributed by atoms with E-state index in [1.807, 2.05) is 18.2 Å². The maximum Gasteiger partial charge on any atom is 0.308 e. The number of carboxylic acid groups (broad SMARTS) is 1. The van der Waals surface area contributed by atoms with Crippen LogP contribution in [0.1, 0.15) is 24.8 Å². The number of carbonyl (C=O) groups excluding carboxylic acids is 1. The molecule has 0 spiro atoms. The molecule has 112 valence electrons. The molecule has 1 aromatic carbocycles. The van der Waals surface area contributed by atoms with Gasteiger partial charge < -0.3 is 10.0 Å². The molecule has 1 aromatic rings. The van der Waals surface area contributed by atoms with Crippen molar-refractivity contribution in [2.45, 2.75) is 19.3 Å². The van der Waals surface area contributed by atoms with Gasteiger partial charge in [-0.2, -0.15) is 0 Å². The molecule has 5 heteroatoms. The highest BCUT2D eigenvalue weighted by Crippen LogP contribution is 2.19. The van der Waals surface area contributed by atoms with Gasteiger partial charge in [0, 0.05) is 24.2 Å². The molecule has 21 heavy (non-hydrogen) atoms. The van der Waals surface area contributed by atoms with Crippen LogP contribution in [-0.4, -0.2) is 35.0 Å². The number of halogens is 1. The minimum Gasteiger partial charge on any atom is -0.481 e. The molecule has 1 aliphatic rings. The van der Waals surface area contributed by atoms with Crippen molar-refractivity contribution in [3.05, 3.63) is 40.9 Å². The fraction of sp³-hybridized carbons (Fsp3) is 0.375. The quantitative estimate of drug-likeness (QED) is 0.873. The van der Waals surface area contributed by atoms with E-state index in [0.717, 1.165) is 18.4 Å². The zero-order chi connectivity index (χ0) is 15.2. The minimum absolute atomic E-state index is 0.164. The smallest absolute Gasteiger partial charge is 0.308 e. The van der Waals surface area contributed by atoms with Crippen molar-refractivity contribution in [2.24, 2.45) is 5.92 Å². The standard InChI is InChI=1S/C16H18ClNO3/c17-14-7-2-1-5-12(14)8-9-15(19)18-10-4-3-6-13(11-18)16(20)21/h1-2,5,7-9,13H,3-4,6,10-11H2,(H,20,21)/b9-8+. The SMILES string of the molecule is O=C(O)C1CCCCN(C(=O)/C=C/c2ccccc2Cl)C1. The Morgan fingerprint density at radius 1 is 1.29 bits per heavy atom. The van der Waals surface area contributed by atoms with Crippen molar-refractivity contribution >= 4 is 29.6 Å². The highest BCUT2D eigenvalue weighted by Gasteiger charge is 2.25. The summed E-state index contributed by atoms with van der Waals surface area (Å²) in [4.78, 5) is 24.9. The lowest BCUT2D eigenvalue weighted by Crippen LogP contribution is -2.35. The summed E-state index contributed by atoms with van der Waals surface area (Å²) in [6.07, 6.45) is 5.45. The summed E-state index contributed by atoms with van der Waals surface area (Å²) in [7, 11) is 0. The van der Waals surface area contributed by atoms with Crippen molar-refractivity contribution in [3.63, 3.8) is 0 Å². The van der Waals surface area contributed by atoms with Gasteiger partial charge in [0.1, 0.15) is 0 Å². The Kier molecular flexibility index (Phi) is 5.39. The number of rotatable bonds is 3. The van der Waals surface area contributed by atoms with Gasteiger partial charge in [0.25, 0.3) is 0 Å². The third kappa shape index (κ3) is 4.33. The van der Waals surface area contributed by atoms with Crippen LogP contribution in [0.25, 0.3) is 6.08 Å². The molecule has 0 bridgehead atoms. The summed E-state index contributed by atoms with van der Waals surface area (Å²) < 4.78 is 0. The number of hydrogen-bond acceptors (Lipinski definition) is 2. The Balaban J connectivity index is 2.05. The first kappa shape index (κ1) is 15.6. The predicted molar refractivity (Wildman–Crippen MR) is 82.0 cm³/mol. The maximum atomic E-state index is 12.2.